The quantitative estimate of drug-likeness (QED) is 0.758. The van der Waals surface area contributed by atoms with Crippen molar-refractivity contribution in [3.05, 3.63) is 42.4 Å². The predicted molar refractivity (Wildman–Crippen MR) is 73.0 cm³/mol. The Kier molecular flexibility index (Phi) is 2.09. The van der Waals surface area contributed by atoms with Crippen LogP contribution in [-0.2, 0) is 0 Å². The van der Waals surface area contributed by atoms with Gasteiger partial charge in [0.25, 0.3) is 0 Å². The van der Waals surface area contributed by atoms with Crippen molar-refractivity contribution >= 4 is 16.6 Å². The molecule has 0 aliphatic heterocycles. The molecule has 1 aliphatic carbocycles. The van der Waals surface area contributed by atoms with E-state index in [4.69, 9.17) is 5.73 Å². The second-order valence-corrected chi connectivity index (χ2v) is 4.92. The summed E-state index contributed by atoms with van der Waals surface area (Å²) in [5.41, 5.74) is 7.99. The van der Waals surface area contributed by atoms with Crippen LogP contribution in [0, 0.1) is 0 Å². The molecule has 2 heterocycles. The van der Waals surface area contributed by atoms with Crippen molar-refractivity contribution in [2.75, 3.05) is 5.73 Å². The SMILES string of the molecule is Nc1nnn(-c2cccc3ccncc23)c1C1CC1. The maximum Gasteiger partial charge on any atom is 0.169 e. The molecule has 0 amide bonds. The number of nitrogens with zero attached hydrogens (tertiary/aromatic N) is 4. The summed E-state index contributed by atoms with van der Waals surface area (Å²) in [4.78, 5) is 4.20. The smallest absolute Gasteiger partial charge is 0.169 e. The first-order valence-corrected chi connectivity index (χ1v) is 6.39. The molecule has 1 saturated carbocycles. The summed E-state index contributed by atoms with van der Waals surface area (Å²) >= 11 is 0. The lowest BCUT2D eigenvalue weighted by molar-refractivity contribution is 0.768. The number of aromatic nitrogens is 4. The molecule has 0 unspecified atom stereocenters. The summed E-state index contributed by atoms with van der Waals surface area (Å²) in [6, 6.07) is 8.11. The van der Waals surface area contributed by atoms with Gasteiger partial charge < -0.3 is 5.73 Å². The van der Waals surface area contributed by atoms with E-state index in [-0.39, 0.29) is 0 Å². The Morgan fingerprint density at radius 1 is 1.21 bits per heavy atom. The first-order valence-electron chi connectivity index (χ1n) is 6.39. The normalized spacial score (nSPS) is 14.9. The van der Waals surface area contributed by atoms with E-state index in [1.165, 1.54) is 12.8 Å². The van der Waals surface area contributed by atoms with E-state index in [0.717, 1.165) is 22.2 Å². The van der Waals surface area contributed by atoms with Crippen LogP contribution < -0.4 is 5.73 Å². The summed E-state index contributed by atoms with van der Waals surface area (Å²) in [6.07, 6.45) is 5.99. The van der Waals surface area contributed by atoms with E-state index in [9.17, 15) is 0 Å². The zero-order chi connectivity index (χ0) is 12.8. The average molecular weight is 251 g/mol. The third kappa shape index (κ3) is 1.58. The molecule has 94 valence electrons. The third-order valence-electron chi connectivity index (χ3n) is 3.59. The van der Waals surface area contributed by atoms with Crippen molar-refractivity contribution in [1.29, 1.82) is 0 Å². The van der Waals surface area contributed by atoms with E-state index in [0.29, 0.717) is 11.7 Å². The highest BCUT2D eigenvalue weighted by Gasteiger charge is 2.31. The second kappa shape index (κ2) is 3.78. The molecule has 2 N–H and O–H groups in total. The van der Waals surface area contributed by atoms with Gasteiger partial charge in [0.05, 0.1) is 11.4 Å². The van der Waals surface area contributed by atoms with Crippen LogP contribution in [0.1, 0.15) is 24.5 Å². The fourth-order valence-corrected chi connectivity index (χ4v) is 2.50. The van der Waals surface area contributed by atoms with Crippen LogP contribution in [0.25, 0.3) is 16.5 Å². The van der Waals surface area contributed by atoms with Crippen molar-refractivity contribution in [3.63, 3.8) is 0 Å². The van der Waals surface area contributed by atoms with Gasteiger partial charge in [-0.3, -0.25) is 4.98 Å². The lowest BCUT2D eigenvalue weighted by Gasteiger charge is -2.08. The molecule has 19 heavy (non-hydrogen) atoms. The fourth-order valence-electron chi connectivity index (χ4n) is 2.50. The minimum Gasteiger partial charge on any atom is -0.381 e. The molecular formula is C14H13N5. The zero-order valence-corrected chi connectivity index (χ0v) is 10.3. The Balaban J connectivity index is 2.00. The highest BCUT2D eigenvalue weighted by Crippen LogP contribution is 2.43. The van der Waals surface area contributed by atoms with Gasteiger partial charge in [0, 0.05) is 23.7 Å². The number of nitrogen functional groups attached to an aromatic ring is 1. The van der Waals surface area contributed by atoms with Crippen LogP contribution in [0.15, 0.2) is 36.7 Å². The molecule has 1 aliphatic rings. The van der Waals surface area contributed by atoms with Crippen LogP contribution in [0.3, 0.4) is 0 Å². The van der Waals surface area contributed by atoms with Gasteiger partial charge in [-0.2, -0.15) is 0 Å². The number of rotatable bonds is 2. The topological polar surface area (TPSA) is 69.6 Å². The van der Waals surface area contributed by atoms with Crippen LogP contribution in [0.2, 0.25) is 0 Å². The molecule has 3 aromatic rings. The Labute approximate surface area is 110 Å². The molecule has 4 rings (SSSR count). The van der Waals surface area contributed by atoms with E-state index in [1.54, 1.807) is 6.20 Å². The molecule has 0 bridgehead atoms. The number of nitrogens with two attached hydrogens (primary N) is 1. The number of fused-ring (bicyclic) bond motifs is 1. The number of benzene rings is 1. The summed E-state index contributed by atoms with van der Waals surface area (Å²) < 4.78 is 1.87. The van der Waals surface area contributed by atoms with Crippen LogP contribution in [0.4, 0.5) is 5.82 Å². The maximum absolute atomic E-state index is 5.95. The molecule has 1 fully saturated rings. The van der Waals surface area contributed by atoms with Crippen LogP contribution >= 0.6 is 0 Å². The van der Waals surface area contributed by atoms with Gasteiger partial charge in [0.15, 0.2) is 5.82 Å². The lowest BCUT2D eigenvalue weighted by atomic mass is 10.1. The van der Waals surface area contributed by atoms with Crippen molar-refractivity contribution in [1.82, 2.24) is 20.0 Å². The average Bonchev–Trinajstić information content (AvgIpc) is 3.21. The largest absolute Gasteiger partial charge is 0.381 e. The Bertz CT molecular complexity index is 752. The Hall–Kier alpha value is -2.43. The van der Waals surface area contributed by atoms with Gasteiger partial charge in [-0.15, -0.1) is 5.10 Å². The van der Waals surface area contributed by atoms with Gasteiger partial charge in [0.2, 0.25) is 0 Å². The monoisotopic (exact) mass is 251 g/mol. The fraction of sp³-hybridized carbons (Fsp3) is 0.214. The Morgan fingerprint density at radius 2 is 2.11 bits per heavy atom. The molecule has 5 heteroatoms. The molecule has 0 spiro atoms. The first kappa shape index (κ1) is 10.5. The van der Waals surface area contributed by atoms with Crippen molar-refractivity contribution < 1.29 is 0 Å². The molecule has 5 nitrogen and oxygen atoms in total. The molecule has 0 atom stereocenters. The summed E-state index contributed by atoms with van der Waals surface area (Å²) in [7, 11) is 0. The second-order valence-electron chi connectivity index (χ2n) is 4.92. The third-order valence-corrected chi connectivity index (χ3v) is 3.59. The summed E-state index contributed by atoms with van der Waals surface area (Å²) in [6.45, 7) is 0. The van der Waals surface area contributed by atoms with Crippen molar-refractivity contribution in [2.24, 2.45) is 0 Å². The molecule has 1 aromatic carbocycles. The Morgan fingerprint density at radius 3 is 2.95 bits per heavy atom. The first-order chi connectivity index (χ1) is 9.34. The minimum atomic E-state index is 0.502. The summed E-state index contributed by atoms with van der Waals surface area (Å²) in [5, 5.41) is 10.5. The van der Waals surface area contributed by atoms with Gasteiger partial charge in [-0.25, -0.2) is 4.68 Å². The highest BCUT2D eigenvalue weighted by molar-refractivity contribution is 5.89. The number of hydrogen-bond donors (Lipinski definition) is 1. The standard InChI is InChI=1S/C14H13N5/c15-14-13(10-4-5-10)19(18-17-14)12-3-1-2-9-6-7-16-8-11(9)12/h1-3,6-8,10H,4-5,15H2. The molecule has 0 radical (unpaired) electrons. The van der Waals surface area contributed by atoms with Crippen molar-refractivity contribution in [2.45, 2.75) is 18.8 Å². The van der Waals surface area contributed by atoms with Crippen LogP contribution in [0.5, 0.6) is 0 Å². The number of anilines is 1. The van der Waals surface area contributed by atoms with Gasteiger partial charge in [-0.05, 0) is 30.4 Å². The molecular weight excluding hydrogens is 238 g/mol. The van der Waals surface area contributed by atoms with Crippen molar-refractivity contribution in [3.8, 4) is 5.69 Å². The number of hydrogen-bond acceptors (Lipinski definition) is 4. The molecule has 0 saturated heterocycles. The zero-order valence-electron chi connectivity index (χ0n) is 10.3. The maximum atomic E-state index is 5.95. The predicted octanol–water partition coefficient (Wildman–Crippen LogP) is 2.28. The van der Waals surface area contributed by atoms with E-state index in [1.807, 2.05) is 29.1 Å². The lowest BCUT2D eigenvalue weighted by Crippen LogP contribution is -2.03. The number of pyridine rings is 1. The van der Waals surface area contributed by atoms with E-state index in [2.05, 4.69) is 21.4 Å². The van der Waals surface area contributed by atoms with Gasteiger partial charge in [-0.1, -0.05) is 17.3 Å². The van der Waals surface area contributed by atoms with Gasteiger partial charge >= 0.3 is 0 Å². The minimum absolute atomic E-state index is 0.502. The summed E-state index contributed by atoms with van der Waals surface area (Å²) in [5.74, 6) is 1.05. The van der Waals surface area contributed by atoms with Crippen LogP contribution in [-0.4, -0.2) is 20.0 Å². The van der Waals surface area contributed by atoms with E-state index < -0.39 is 0 Å². The highest BCUT2D eigenvalue weighted by atomic mass is 15.4. The van der Waals surface area contributed by atoms with E-state index >= 15 is 0 Å². The molecule has 2 aromatic heterocycles. The van der Waals surface area contributed by atoms with Gasteiger partial charge in [0.1, 0.15) is 0 Å².